The second-order valence-corrected chi connectivity index (χ2v) is 9.29. The summed E-state index contributed by atoms with van der Waals surface area (Å²) < 4.78 is 0. The fourth-order valence-electron chi connectivity index (χ4n) is 5.86. The Hall–Kier alpha value is -0.0500. The van der Waals surface area contributed by atoms with Gasteiger partial charge in [0, 0.05) is 17.8 Å². The zero-order valence-electron chi connectivity index (χ0n) is 13.5. The van der Waals surface area contributed by atoms with Crippen LogP contribution in [0.5, 0.6) is 0 Å². The van der Waals surface area contributed by atoms with Crippen LogP contribution in [0.15, 0.2) is 0 Å². The lowest BCUT2D eigenvalue weighted by molar-refractivity contribution is -0.130. The molecule has 0 radical (unpaired) electrons. The molecule has 4 saturated carbocycles. The van der Waals surface area contributed by atoms with Crippen LogP contribution in [0.2, 0.25) is 0 Å². The van der Waals surface area contributed by atoms with E-state index in [1.165, 1.54) is 38.5 Å². The fraction of sp³-hybridized carbons (Fsp3) is 0.944. The number of carbonyl (C=O) groups excluding carboxylic acids is 1. The first-order chi connectivity index (χ1) is 9.98. The van der Waals surface area contributed by atoms with Crippen molar-refractivity contribution in [3.8, 4) is 0 Å². The summed E-state index contributed by atoms with van der Waals surface area (Å²) in [6, 6.07) is 0.298. The molecule has 0 aliphatic heterocycles. The first-order valence-electron chi connectivity index (χ1n) is 8.83. The Morgan fingerprint density at radius 3 is 2.10 bits per heavy atom. The van der Waals surface area contributed by atoms with Crippen LogP contribution in [0.1, 0.15) is 65.2 Å². The standard InChI is InChI=1S/C18H30BrNO/c1-12(2)3-16(11-19)20-17(21)10-18-7-13-4-14(8-18)6-15(5-13)9-18/h12-16H,3-11H2,1-2H3,(H,20,21). The van der Waals surface area contributed by atoms with Gasteiger partial charge in [-0.25, -0.2) is 0 Å². The number of amides is 1. The zero-order valence-corrected chi connectivity index (χ0v) is 15.1. The molecule has 3 heteroatoms. The average Bonchev–Trinajstić information content (AvgIpc) is 2.34. The molecule has 0 aromatic heterocycles. The third-order valence-electron chi connectivity index (χ3n) is 6.01. The lowest BCUT2D eigenvalue weighted by Crippen LogP contribution is -2.49. The second-order valence-electron chi connectivity index (χ2n) is 8.64. The third kappa shape index (κ3) is 3.65. The van der Waals surface area contributed by atoms with Crippen LogP contribution in [0.3, 0.4) is 0 Å². The molecule has 0 aromatic carbocycles. The number of carbonyl (C=O) groups is 1. The monoisotopic (exact) mass is 355 g/mol. The lowest BCUT2D eigenvalue weighted by atomic mass is 9.49. The van der Waals surface area contributed by atoms with Gasteiger partial charge >= 0.3 is 0 Å². The predicted octanol–water partition coefficient (Wildman–Crippen LogP) is 4.52. The maximum Gasteiger partial charge on any atom is 0.220 e. The summed E-state index contributed by atoms with van der Waals surface area (Å²) in [5.41, 5.74) is 0.369. The summed E-state index contributed by atoms with van der Waals surface area (Å²) in [5.74, 6) is 3.75. The van der Waals surface area contributed by atoms with E-state index in [1.54, 1.807) is 0 Å². The van der Waals surface area contributed by atoms with Crippen molar-refractivity contribution in [3.63, 3.8) is 0 Å². The van der Waals surface area contributed by atoms with E-state index >= 15 is 0 Å². The van der Waals surface area contributed by atoms with E-state index in [4.69, 9.17) is 0 Å². The van der Waals surface area contributed by atoms with Gasteiger partial charge in [0.05, 0.1) is 0 Å². The molecule has 4 aliphatic carbocycles. The van der Waals surface area contributed by atoms with Crippen molar-refractivity contribution in [2.75, 3.05) is 5.33 Å². The Morgan fingerprint density at radius 2 is 1.67 bits per heavy atom. The Morgan fingerprint density at radius 1 is 1.14 bits per heavy atom. The fourth-order valence-corrected chi connectivity index (χ4v) is 6.28. The van der Waals surface area contributed by atoms with E-state index in [0.717, 1.165) is 35.9 Å². The molecule has 4 fully saturated rings. The van der Waals surface area contributed by atoms with Gasteiger partial charge in [-0.3, -0.25) is 4.79 Å². The quantitative estimate of drug-likeness (QED) is 0.697. The van der Waals surface area contributed by atoms with E-state index in [1.807, 2.05) is 0 Å². The minimum absolute atomic E-state index is 0.298. The minimum atomic E-state index is 0.298. The molecule has 1 amide bonds. The van der Waals surface area contributed by atoms with Crippen LogP contribution in [0.4, 0.5) is 0 Å². The van der Waals surface area contributed by atoms with Crippen molar-refractivity contribution in [2.24, 2.45) is 29.1 Å². The molecule has 2 nitrogen and oxygen atoms in total. The molecule has 1 unspecified atom stereocenters. The van der Waals surface area contributed by atoms with Gasteiger partial charge in [-0.2, -0.15) is 0 Å². The van der Waals surface area contributed by atoms with E-state index in [2.05, 4.69) is 35.1 Å². The molecule has 1 atom stereocenters. The van der Waals surface area contributed by atoms with Crippen LogP contribution in [-0.4, -0.2) is 17.3 Å². The van der Waals surface area contributed by atoms with Crippen molar-refractivity contribution >= 4 is 21.8 Å². The number of hydrogen-bond donors (Lipinski definition) is 1. The van der Waals surface area contributed by atoms with Crippen LogP contribution >= 0.6 is 15.9 Å². The Bertz CT molecular complexity index is 357. The lowest BCUT2D eigenvalue weighted by Gasteiger charge is -2.56. The van der Waals surface area contributed by atoms with Crippen LogP contribution in [0.25, 0.3) is 0 Å². The third-order valence-corrected chi connectivity index (χ3v) is 6.79. The van der Waals surface area contributed by atoms with Gasteiger partial charge in [0.2, 0.25) is 5.91 Å². The van der Waals surface area contributed by atoms with Gasteiger partial charge in [-0.1, -0.05) is 29.8 Å². The van der Waals surface area contributed by atoms with Gasteiger partial charge in [0.15, 0.2) is 0 Å². The van der Waals surface area contributed by atoms with Gasteiger partial charge < -0.3 is 5.32 Å². The molecule has 0 spiro atoms. The predicted molar refractivity (Wildman–Crippen MR) is 90.4 cm³/mol. The maximum absolute atomic E-state index is 12.5. The number of hydrogen-bond acceptors (Lipinski definition) is 1. The molecular weight excluding hydrogens is 326 g/mol. The SMILES string of the molecule is CC(C)CC(CBr)NC(=O)CC12CC3CC(CC(C3)C1)C2. The van der Waals surface area contributed by atoms with E-state index in [0.29, 0.717) is 23.3 Å². The van der Waals surface area contributed by atoms with E-state index < -0.39 is 0 Å². The van der Waals surface area contributed by atoms with Crippen LogP contribution < -0.4 is 5.32 Å². The second kappa shape index (κ2) is 6.22. The van der Waals surface area contributed by atoms with Gasteiger partial charge in [-0.05, 0) is 74.0 Å². The smallest absolute Gasteiger partial charge is 0.220 e. The Labute approximate surface area is 138 Å². The van der Waals surface area contributed by atoms with E-state index in [-0.39, 0.29) is 0 Å². The molecule has 4 rings (SSSR count). The van der Waals surface area contributed by atoms with Crippen molar-refractivity contribution in [3.05, 3.63) is 0 Å². The van der Waals surface area contributed by atoms with Crippen molar-refractivity contribution in [1.82, 2.24) is 5.32 Å². The summed E-state index contributed by atoms with van der Waals surface area (Å²) in [6.45, 7) is 4.45. The normalized spacial score (nSPS) is 38.8. The molecular formula is C18H30BrNO. The van der Waals surface area contributed by atoms with Crippen molar-refractivity contribution in [2.45, 2.75) is 71.3 Å². The van der Waals surface area contributed by atoms with Gasteiger partial charge in [-0.15, -0.1) is 0 Å². The molecule has 0 heterocycles. The van der Waals surface area contributed by atoms with Gasteiger partial charge in [0.25, 0.3) is 0 Å². The summed E-state index contributed by atoms with van der Waals surface area (Å²) in [6.07, 6.45) is 10.2. The molecule has 21 heavy (non-hydrogen) atoms. The number of rotatable bonds is 6. The molecule has 1 N–H and O–H groups in total. The number of nitrogens with one attached hydrogen (secondary N) is 1. The van der Waals surface area contributed by atoms with Crippen molar-refractivity contribution in [1.29, 1.82) is 0 Å². The highest BCUT2D eigenvalue weighted by molar-refractivity contribution is 9.09. The largest absolute Gasteiger partial charge is 0.353 e. The number of halogens is 1. The summed E-state index contributed by atoms with van der Waals surface area (Å²) in [4.78, 5) is 12.5. The highest BCUT2D eigenvalue weighted by atomic mass is 79.9. The first-order valence-corrected chi connectivity index (χ1v) is 9.95. The first kappa shape index (κ1) is 15.8. The number of alkyl halides is 1. The highest BCUT2D eigenvalue weighted by Gasteiger charge is 2.51. The van der Waals surface area contributed by atoms with E-state index in [9.17, 15) is 4.79 Å². The molecule has 4 aliphatic rings. The average molecular weight is 356 g/mol. The molecule has 0 aromatic rings. The van der Waals surface area contributed by atoms with Crippen LogP contribution in [-0.2, 0) is 4.79 Å². The summed E-state index contributed by atoms with van der Waals surface area (Å²) in [7, 11) is 0. The Balaban J connectivity index is 1.57. The molecule has 120 valence electrons. The topological polar surface area (TPSA) is 29.1 Å². The summed E-state index contributed by atoms with van der Waals surface area (Å²) >= 11 is 3.55. The van der Waals surface area contributed by atoms with Crippen molar-refractivity contribution < 1.29 is 4.79 Å². The maximum atomic E-state index is 12.5. The zero-order chi connectivity index (χ0) is 15.0. The van der Waals surface area contributed by atoms with Crippen LogP contribution in [0, 0.1) is 29.1 Å². The molecule has 0 saturated heterocycles. The minimum Gasteiger partial charge on any atom is -0.353 e. The Kier molecular flexibility index (Phi) is 4.69. The van der Waals surface area contributed by atoms with Gasteiger partial charge in [0.1, 0.15) is 0 Å². The summed E-state index contributed by atoms with van der Waals surface area (Å²) in [5, 5.41) is 4.16. The molecule has 4 bridgehead atoms. The highest BCUT2D eigenvalue weighted by Crippen LogP contribution is 2.61.